The van der Waals surface area contributed by atoms with Crippen molar-refractivity contribution in [3.63, 3.8) is 0 Å². The molecule has 2 atom stereocenters. The van der Waals surface area contributed by atoms with Crippen LogP contribution in [-0.2, 0) is 6.42 Å². The fourth-order valence-corrected chi connectivity index (χ4v) is 2.50. The van der Waals surface area contributed by atoms with Gasteiger partial charge in [0.25, 0.3) is 0 Å². The van der Waals surface area contributed by atoms with Crippen LogP contribution in [0.15, 0.2) is 29.3 Å². The quantitative estimate of drug-likeness (QED) is 0.619. The van der Waals surface area contributed by atoms with E-state index in [1.807, 2.05) is 6.07 Å². The minimum Gasteiger partial charge on any atom is -0.356 e. The Morgan fingerprint density at radius 2 is 2.30 bits per heavy atom. The van der Waals surface area contributed by atoms with Crippen LogP contribution in [0.5, 0.6) is 0 Å². The van der Waals surface area contributed by atoms with Gasteiger partial charge >= 0.3 is 0 Å². The Balaban J connectivity index is 1.70. The summed E-state index contributed by atoms with van der Waals surface area (Å²) in [6.45, 7) is 2.98. The second kappa shape index (κ2) is 7.27. The summed E-state index contributed by atoms with van der Waals surface area (Å²) in [5.41, 5.74) is 1.00. The Bertz CT molecular complexity index is 459. The van der Waals surface area contributed by atoms with Gasteiger partial charge in [-0.25, -0.2) is 4.39 Å². The molecule has 1 aliphatic carbocycles. The number of rotatable bonds is 6. The summed E-state index contributed by atoms with van der Waals surface area (Å²) in [7, 11) is 1.79. The maximum Gasteiger partial charge on any atom is 0.191 e. The number of aliphatic imine (C=N–C) groups is 1. The number of nitrogens with zero attached hydrogens (tertiary/aromatic N) is 1. The van der Waals surface area contributed by atoms with Gasteiger partial charge in [-0.2, -0.15) is 0 Å². The number of nitrogens with one attached hydrogen (secondary N) is 2. The monoisotopic (exact) mass is 277 g/mol. The van der Waals surface area contributed by atoms with Gasteiger partial charge in [-0.05, 0) is 42.9 Å². The molecule has 2 N–H and O–H groups in total. The van der Waals surface area contributed by atoms with Crippen molar-refractivity contribution in [2.45, 2.75) is 38.6 Å². The number of halogens is 1. The van der Waals surface area contributed by atoms with Gasteiger partial charge in [-0.15, -0.1) is 0 Å². The molecule has 2 rings (SSSR count). The van der Waals surface area contributed by atoms with Gasteiger partial charge in [0.1, 0.15) is 5.82 Å². The van der Waals surface area contributed by atoms with E-state index in [1.54, 1.807) is 19.2 Å². The van der Waals surface area contributed by atoms with Gasteiger partial charge in [-0.1, -0.05) is 25.5 Å². The first-order chi connectivity index (χ1) is 9.72. The van der Waals surface area contributed by atoms with Gasteiger partial charge in [0.15, 0.2) is 5.96 Å². The third-order valence-corrected chi connectivity index (χ3v) is 3.72. The third-order valence-electron chi connectivity index (χ3n) is 3.72. The largest absolute Gasteiger partial charge is 0.356 e. The smallest absolute Gasteiger partial charge is 0.191 e. The standard InChI is InChI=1S/C16H24FN3/c1-3-5-13-11-15(13)20-16(18-2)19-9-8-12-6-4-7-14(17)10-12/h4,6-7,10,13,15H,3,5,8-9,11H2,1-2H3,(H2,18,19,20). The summed E-state index contributed by atoms with van der Waals surface area (Å²) in [6, 6.07) is 7.32. The minimum atomic E-state index is -0.176. The van der Waals surface area contributed by atoms with E-state index in [0.29, 0.717) is 6.04 Å². The fourth-order valence-electron chi connectivity index (χ4n) is 2.50. The Hall–Kier alpha value is -1.58. The number of hydrogen-bond donors (Lipinski definition) is 2. The highest BCUT2D eigenvalue weighted by Gasteiger charge is 2.36. The molecule has 0 spiro atoms. The van der Waals surface area contributed by atoms with Gasteiger partial charge in [0.2, 0.25) is 0 Å². The summed E-state index contributed by atoms with van der Waals surface area (Å²) >= 11 is 0. The molecule has 0 amide bonds. The van der Waals surface area contributed by atoms with Gasteiger partial charge in [0.05, 0.1) is 0 Å². The van der Waals surface area contributed by atoms with Gasteiger partial charge in [-0.3, -0.25) is 4.99 Å². The first-order valence-electron chi connectivity index (χ1n) is 7.44. The van der Waals surface area contributed by atoms with Crippen molar-refractivity contribution in [3.05, 3.63) is 35.6 Å². The van der Waals surface area contributed by atoms with Crippen LogP contribution in [0.4, 0.5) is 4.39 Å². The van der Waals surface area contributed by atoms with E-state index in [-0.39, 0.29) is 5.82 Å². The maximum absolute atomic E-state index is 13.1. The zero-order valence-electron chi connectivity index (χ0n) is 12.3. The van der Waals surface area contributed by atoms with E-state index in [0.717, 1.165) is 30.4 Å². The molecule has 0 aliphatic heterocycles. The lowest BCUT2D eigenvalue weighted by atomic mass is 10.1. The molecule has 1 aliphatic rings. The van der Waals surface area contributed by atoms with E-state index in [9.17, 15) is 4.39 Å². The molecule has 4 heteroatoms. The van der Waals surface area contributed by atoms with Crippen LogP contribution in [0, 0.1) is 11.7 Å². The number of guanidine groups is 1. The molecule has 0 aromatic heterocycles. The zero-order chi connectivity index (χ0) is 14.4. The first-order valence-corrected chi connectivity index (χ1v) is 7.44. The van der Waals surface area contributed by atoms with Crippen LogP contribution in [0.1, 0.15) is 31.7 Å². The van der Waals surface area contributed by atoms with Crippen molar-refractivity contribution < 1.29 is 4.39 Å². The fraction of sp³-hybridized carbons (Fsp3) is 0.562. The SMILES string of the molecule is CCCC1CC1NC(=NC)NCCc1cccc(F)c1. The lowest BCUT2D eigenvalue weighted by molar-refractivity contribution is 0.624. The Morgan fingerprint density at radius 1 is 1.45 bits per heavy atom. The minimum absolute atomic E-state index is 0.176. The molecular formula is C16H24FN3. The van der Waals surface area contributed by atoms with Crippen molar-refractivity contribution in [2.75, 3.05) is 13.6 Å². The topological polar surface area (TPSA) is 36.4 Å². The van der Waals surface area contributed by atoms with Crippen LogP contribution in [0.3, 0.4) is 0 Å². The van der Waals surface area contributed by atoms with Crippen molar-refractivity contribution in [1.82, 2.24) is 10.6 Å². The molecule has 3 nitrogen and oxygen atoms in total. The highest BCUT2D eigenvalue weighted by molar-refractivity contribution is 5.80. The lowest BCUT2D eigenvalue weighted by Gasteiger charge is -2.11. The molecular weight excluding hydrogens is 253 g/mol. The summed E-state index contributed by atoms with van der Waals surface area (Å²) in [6.07, 6.45) is 4.58. The molecule has 20 heavy (non-hydrogen) atoms. The van der Waals surface area contributed by atoms with Crippen molar-refractivity contribution in [3.8, 4) is 0 Å². The predicted octanol–water partition coefficient (Wildman–Crippen LogP) is 2.72. The van der Waals surface area contributed by atoms with Crippen molar-refractivity contribution in [2.24, 2.45) is 10.9 Å². The molecule has 1 aromatic carbocycles. The summed E-state index contributed by atoms with van der Waals surface area (Å²) in [4.78, 5) is 4.23. The third kappa shape index (κ3) is 4.51. The van der Waals surface area contributed by atoms with Crippen LogP contribution in [0.2, 0.25) is 0 Å². The van der Waals surface area contributed by atoms with Gasteiger partial charge < -0.3 is 10.6 Å². The van der Waals surface area contributed by atoms with Crippen LogP contribution in [0.25, 0.3) is 0 Å². The van der Waals surface area contributed by atoms with Gasteiger partial charge in [0, 0.05) is 19.6 Å². The van der Waals surface area contributed by atoms with Crippen LogP contribution >= 0.6 is 0 Å². The highest BCUT2D eigenvalue weighted by Crippen LogP contribution is 2.34. The highest BCUT2D eigenvalue weighted by atomic mass is 19.1. The molecule has 1 saturated carbocycles. The number of hydrogen-bond acceptors (Lipinski definition) is 1. The Kier molecular flexibility index (Phi) is 5.39. The normalized spacial score (nSPS) is 21.6. The maximum atomic E-state index is 13.1. The van der Waals surface area contributed by atoms with E-state index < -0.39 is 0 Å². The molecule has 2 unspecified atom stereocenters. The van der Waals surface area contributed by atoms with Crippen molar-refractivity contribution in [1.29, 1.82) is 0 Å². The molecule has 0 saturated heterocycles. The average molecular weight is 277 g/mol. The second-order valence-corrected chi connectivity index (χ2v) is 5.41. The van der Waals surface area contributed by atoms with Crippen molar-refractivity contribution >= 4 is 5.96 Å². The van der Waals surface area contributed by atoms with Crippen LogP contribution < -0.4 is 10.6 Å². The van der Waals surface area contributed by atoms with E-state index in [1.165, 1.54) is 25.3 Å². The van der Waals surface area contributed by atoms with E-state index in [2.05, 4.69) is 22.5 Å². The van der Waals surface area contributed by atoms with E-state index in [4.69, 9.17) is 0 Å². The zero-order valence-corrected chi connectivity index (χ0v) is 12.3. The average Bonchev–Trinajstić information content (AvgIpc) is 3.16. The first kappa shape index (κ1) is 14.8. The molecule has 1 aromatic rings. The summed E-state index contributed by atoms with van der Waals surface area (Å²) in [5, 5.41) is 6.73. The van der Waals surface area contributed by atoms with Crippen LogP contribution in [-0.4, -0.2) is 25.6 Å². The molecule has 1 fully saturated rings. The Morgan fingerprint density at radius 3 is 3.00 bits per heavy atom. The molecule has 0 bridgehead atoms. The predicted molar refractivity (Wildman–Crippen MR) is 81.4 cm³/mol. The molecule has 110 valence electrons. The summed E-state index contributed by atoms with van der Waals surface area (Å²) < 4.78 is 13.1. The molecule has 0 radical (unpaired) electrons. The Labute approximate surface area is 120 Å². The summed E-state index contributed by atoms with van der Waals surface area (Å²) in [5.74, 6) is 1.48. The second-order valence-electron chi connectivity index (χ2n) is 5.41. The lowest BCUT2D eigenvalue weighted by Crippen LogP contribution is -2.40. The van der Waals surface area contributed by atoms with E-state index >= 15 is 0 Å². The number of benzene rings is 1. The molecule has 0 heterocycles.